The van der Waals surface area contributed by atoms with Gasteiger partial charge in [-0.1, -0.05) is 55.3 Å². The second-order valence-corrected chi connectivity index (χ2v) is 8.99. The Kier molecular flexibility index (Phi) is 8.83. The highest BCUT2D eigenvalue weighted by Gasteiger charge is 2.24. The van der Waals surface area contributed by atoms with Crippen molar-refractivity contribution in [3.8, 4) is 0 Å². The van der Waals surface area contributed by atoms with E-state index >= 15 is 0 Å². The molecule has 0 aliphatic rings. The second-order valence-electron chi connectivity index (χ2n) is 6.54. The van der Waals surface area contributed by atoms with Crippen LogP contribution in [0.1, 0.15) is 35.7 Å². The number of nitrogens with zero attached hydrogens (tertiary/aromatic N) is 1. The molecule has 2 aromatic carbocycles. The van der Waals surface area contributed by atoms with Gasteiger partial charge in [-0.25, -0.2) is 18.0 Å². The van der Waals surface area contributed by atoms with E-state index in [1.165, 1.54) is 23.5 Å². The van der Waals surface area contributed by atoms with Crippen molar-refractivity contribution in [3.05, 3.63) is 64.7 Å². The Morgan fingerprint density at radius 2 is 1.77 bits per heavy atom. The van der Waals surface area contributed by atoms with Crippen molar-refractivity contribution >= 4 is 33.6 Å². The predicted octanol–water partition coefficient (Wildman–Crippen LogP) is 3.66. The third-order valence-electron chi connectivity index (χ3n) is 4.20. The lowest BCUT2D eigenvalue weighted by Crippen LogP contribution is -2.26. The minimum Gasteiger partial charge on any atom is -0.463 e. The first-order chi connectivity index (χ1) is 14.3. The monoisotopic (exact) mass is 453 g/mol. The van der Waals surface area contributed by atoms with E-state index in [4.69, 9.17) is 21.1 Å². The molecule has 0 radical (unpaired) electrons. The van der Waals surface area contributed by atoms with Gasteiger partial charge in [-0.05, 0) is 30.2 Å². The topological polar surface area (TPSA) is 90.0 Å². The number of unbranched alkanes of at least 4 members (excludes halogenated alkanes) is 1. The maximum Gasteiger partial charge on any atom is 0.344 e. The van der Waals surface area contributed by atoms with Crippen LogP contribution >= 0.6 is 11.6 Å². The van der Waals surface area contributed by atoms with Gasteiger partial charge >= 0.3 is 11.9 Å². The van der Waals surface area contributed by atoms with E-state index in [1.54, 1.807) is 0 Å². The van der Waals surface area contributed by atoms with Gasteiger partial charge in [-0.2, -0.15) is 4.31 Å². The zero-order chi connectivity index (χ0) is 22.1. The molecule has 0 aliphatic heterocycles. The number of carbonyl (C=O) groups excluding carboxylic acids is 2. The van der Waals surface area contributed by atoms with E-state index < -0.39 is 28.6 Å². The average Bonchev–Trinajstić information content (AvgIpc) is 2.73. The molecule has 2 aromatic rings. The first-order valence-corrected chi connectivity index (χ1v) is 11.2. The molecule has 0 fully saturated rings. The van der Waals surface area contributed by atoms with E-state index in [2.05, 4.69) is 0 Å². The number of hydrogen-bond donors (Lipinski definition) is 0. The molecule has 162 valence electrons. The highest BCUT2D eigenvalue weighted by Crippen LogP contribution is 2.24. The molecule has 0 aromatic heterocycles. The van der Waals surface area contributed by atoms with Crippen LogP contribution in [0.15, 0.2) is 53.4 Å². The van der Waals surface area contributed by atoms with Gasteiger partial charge in [-0.15, -0.1) is 0 Å². The van der Waals surface area contributed by atoms with Crippen LogP contribution < -0.4 is 0 Å². The van der Waals surface area contributed by atoms with Gasteiger partial charge in [-0.3, -0.25) is 0 Å². The van der Waals surface area contributed by atoms with E-state index in [1.807, 2.05) is 37.3 Å². The molecule has 0 unspecified atom stereocenters. The lowest BCUT2D eigenvalue weighted by molar-refractivity contribution is -0.147. The Morgan fingerprint density at radius 3 is 2.43 bits per heavy atom. The Balaban J connectivity index is 2.11. The van der Waals surface area contributed by atoms with Gasteiger partial charge in [0.2, 0.25) is 10.0 Å². The average molecular weight is 454 g/mol. The van der Waals surface area contributed by atoms with Crippen LogP contribution in [0.3, 0.4) is 0 Å². The van der Waals surface area contributed by atoms with Crippen molar-refractivity contribution in [1.29, 1.82) is 0 Å². The number of hydrogen-bond acceptors (Lipinski definition) is 6. The van der Waals surface area contributed by atoms with Crippen LogP contribution in [-0.2, 0) is 30.8 Å². The highest BCUT2D eigenvalue weighted by atomic mass is 35.5. The number of carbonyl (C=O) groups is 2. The van der Waals surface area contributed by atoms with Crippen LogP contribution in [0.4, 0.5) is 0 Å². The number of halogens is 1. The normalized spacial score (nSPS) is 11.3. The zero-order valence-corrected chi connectivity index (χ0v) is 18.4. The molecule has 2 rings (SSSR count). The second kappa shape index (κ2) is 11.1. The number of benzene rings is 2. The minimum absolute atomic E-state index is 0.0176. The molecule has 0 saturated carbocycles. The molecule has 0 N–H and O–H groups in total. The Labute approximate surface area is 181 Å². The van der Waals surface area contributed by atoms with Crippen molar-refractivity contribution < 1.29 is 27.5 Å². The van der Waals surface area contributed by atoms with Crippen LogP contribution in [0.2, 0.25) is 5.02 Å². The Bertz CT molecular complexity index is 978. The maximum absolute atomic E-state index is 12.9. The SMILES string of the molecule is CCCCOC(=O)COC(=O)c1cc(S(=O)(=O)N(C)Cc2ccccc2)ccc1Cl. The molecule has 0 saturated heterocycles. The summed E-state index contributed by atoms with van der Waals surface area (Å²) in [4.78, 5) is 23.8. The third kappa shape index (κ3) is 6.55. The molecule has 0 bridgehead atoms. The van der Waals surface area contributed by atoms with Gasteiger partial charge in [0.15, 0.2) is 6.61 Å². The zero-order valence-electron chi connectivity index (χ0n) is 16.8. The smallest absolute Gasteiger partial charge is 0.344 e. The van der Waals surface area contributed by atoms with Gasteiger partial charge < -0.3 is 9.47 Å². The number of rotatable bonds is 10. The fourth-order valence-corrected chi connectivity index (χ4v) is 3.88. The summed E-state index contributed by atoms with van der Waals surface area (Å²) < 4.78 is 36.8. The maximum atomic E-state index is 12.9. The first-order valence-electron chi connectivity index (χ1n) is 9.38. The molecule has 0 amide bonds. The fraction of sp³-hybridized carbons (Fsp3) is 0.333. The summed E-state index contributed by atoms with van der Waals surface area (Å²) in [6, 6.07) is 12.9. The molecule has 9 heteroatoms. The summed E-state index contributed by atoms with van der Waals surface area (Å²) in [5.74, 6) is -1.59. The van der Waals surface area contributed by atoms with Crippen molar-refractivity contribution in [1.82, 2.24) is 4.31 Å². The molecule has 0 spiro atoms. The molecule has 0 atom stereocenters. The molecule has 7 nitrogen and oxygen atoms in total. The quantitative estimate of drug-likeness (QED) is 0.403. The van der Waals surface area contributed by atoms with E-state index in [9.17, 15) is 18.0 Å². The van der Waals surface area contributed by atoms with Crippen molar-refractivity contribution in [3.63, 3.8) is 0 Å². The van der Waals surface area contributed by atoms with Crippen molar-refractivity contribution in [2.45, 2.75) is 31.2 Å². The van der Waals surface area contributed by atoms with Crippen LogP contribution in [0, 0.1) is 0 Å². The van der Waals surface area contributed by atoms with E-state index in [0.717, 1.165) is 18.1 Å². The first kappa shape index (κ1) is 23.9. The van der Waals surface area contributed by atoms with Crippen LogP contribution in [-0.4, -0.2) is 44.9 Å². The molecule has 0 heterocycles. The summed E-state index contributed by atoms with van der Waals surface area (Å²) in [7, 11) is -2.44. The predicted molar refractivity (Wildman–Crippen MR) is 113 cm³/mol. The molecular weight excluding hydrogens is 430 g/mol. The summed E-state index contributed by atoms with van der Waals surface area (Å²) in [6.45, 7) is 1.78. The Morgan fingerprint density at radius 1 is 1.07 bits per heavy atom. The standard InChI is InChI=1S/C21H24ClNO6S/c1-3-4-12-28-20(24)15-29-21(25)18-13-17(10-11-19(18)22)30(26,27)23(2)14-16-8-6-5-7-9-16/h5-11,13H,3-4,12,14-15H2,1-2H3. The molecular formula is C21H24ClNO6S. The number of esters is 2. The van der Waals surface area contributed by atoms with Crippen LogP contribution in [0.5, 0.6) is 0 Å². The van der Waals surface area contributed by atoms with E-state index in [0.29, 0.717) is 6.42 Å². The number of ether oxygens (including phenoxy) is 2. The number of sulfonamides is 1. The summed E-state index contributed by atoms with van der Waals surface area (Å²) in [6.07, 6.45) is 1.57. The minimum atomic E-state index is -3.88. The molecule has 30 heavy (non-hydrogen) atoms. The summed E-state index contributed by atoms with van der Waals surface area (Å²) in [5.41, 5.74) is 0.672. The van der Waals surface area contributed by atoms with Crippen molar-refractivity contribution in [2.24, 2.45) is 0 Å². The van der Waals surface area contributed by atoms with Gasteiger partial charge in [0.25, 0.3) is 0 Å². The fourth-order valence-electron chi connectivity index (χ4n) is 2.50. The lowest BCUT2D eigenvalue weighted by atomic mass is 10.2. The summed E-state index contributed by atoms with van der Waals surface area (Å²) in [5, 5.41) is 0.0176. The third-order valence-corrected chi connectivity index (χ3v) is 6.33. The van der Waals surface area contributed by atoms with Gasteiger partial charge in [0, 0.05) is 13.6 Å². The Hall–Kier alpha value is -2.42. The lowest BCUT2D eigenvalue weighted by Gasteiger charge is -2.18. The largest absolute Gasteiger partial charge is 0.463 e. The van der Waals surface area contributed by atoms with Crippen molar-refractivity contribution in [2.75, 3.05) is 20.3 Å². The highest BCUT2D eigenvalue weighted by molar-refractivity contribution is 7.89. The summed E-state index contributed by atoms with van der Waals surface area (Å²) >= 11 is 6.04. The van der Waals surface area contributed by atoms with Crippen LogP contribution in [0.25, 0.3) is 0 Å². The van der Waals surface area contributed by atoms with E-state index in [-0.39, 0.29) is 28.6 Å². The van der Waals surface area contributed by atoms with Gasteiger partial charge in [0.1, 0.15) is 0 Å². The molecule has 0 aliphatic carbocycles. The van der Waals surface area contributed by atoms with Gasteiger partial charge in [0.05, 0.1) is 22.1 Å².